The highest BCUT2D eigenvalue weighted by Gasteiger charge is 2.28. The van der Waals surface area contributed by atoms with E-state index in [2.05, 4.69) is 22.1 Å². The van der Waals surface area contributed by atoms with Crippen LogP contribution in [-0.4, -0.2) is 29.3 Å². The monoisotopic (exact) mass is 454 g/mol. The van der Waals surface area contributed by atoms with Gasteiger partial charge in [0.2, 0.25) is 0 Å². The summed E-state index contributed by atoms with van der Waals surface area (Å²) in [4.78, 5) is 8.34. The smallest absolute Gasteiger partial charge is 0.128 e. The number of fused-ring (bicyclic) bond motifs is 2. The number of phenolic OH excluding ortho intramolecular Hbond substituents is 2. The van der Waals surface area contributed by atoms with Gasteiger partial charge in [0.15, 0.2) is 0 Å². The number of aromatic hydroxyl groups is 2. The lowest BCUT2D eigenvalue weighted by Gasteiger charge is -2.28. The number of aryl methyl sites for hydroxylation is 2. The summed E-state index contributed by atoms with van der Waals surface area (Å²) in [6.07, 6.45) is 19.4. The summed E-state index contributed by atoms with van der Waals surface area (Å²) in [6.45, 7) is 1.12. The first-order chi connectivity index (χ1) is 16.7. The van der Waals surface area contributed by atoms with E-state index in [1.54, 1.807) is 25.0 Å². The molecular formula is C28H30N4O2. The Balaban J connectivity index is 1.58. The second kappa shape index (κ2) is 8.67. The molecule has 0 saturated heterocycles. The average molecular weight is 455 g/mol. The highest BCUT2D eigenvalue weighted by Crippen LogP contribution is 2.49. The third-order valence-corrected chi connectivity index (χ3v) is 7.48. The minimum absolute atomic E-state index is 0.303. The van der Waals surface area contributed by atoms with Gasteiger partial charge in [0.1, 0.15) is 11.5 Å². The normalized spacial score (nSPS) is 15.2. The van der Waals surface area contributed by atoms with Gasteiger partial charge in [0.25, 0.3) is 0 Å². The summed E-state index contributed by atoms with van der Waals surface area (Å²) in [5.41, 5.74) is 8.51. The molecule has 4 aromatic rings. The lowest BCUT2D eigenvalue weighted by atomic mass is 9.78. The minimum Gasteiger partial charge on any atom is -0.507 e. The second-order valence-corrected chi connectivity index (χ2v) is 9.68. The van der Waals surface area contributed by atoms with Crippen LogP contribution in [0.5, 0.6) is 11.5 Å². The summed E-state index contributed by atoms with van der Waals surface area (Å²) in [6, 6.07) is 4.35. The molecule has 2 aromatic carbocycles. The number of rotatable bonds is 5. The molecule has 2 N–H and O–H groups in total. The van der Waals surface area contributed by atoms with Crippen LogP contribution in [-0.2, 0) is 38.8 Å². The number of benzene rings is 2. The fourth-order valence-electron chi connectivity index (χ4n) is 5.84. The molecule has 6 nitrogen and oxygen atoms in total. The van der Waals surface area contributed by atoms with Crippen molar-refractivity contribution in [1.29, 1.82) is 0 Å². The Morgan fingerprint density at radius 1 is 0.647 bits per heavy atom. The molecule has 0 atom stereocenters. The summed E-state index contributed by atoms with van der Waals surface area (Å²) < 4.78 is 3.97. The molecule has 2 aromatic heterocycles. The fourth-order valence-corrected chi connectivity index (χ4v) is 5.84. The number of aromatic nitrogens is 4. The van der Waals surface area contributed by atoms with Gasteiger partial charge in [-0.3, -0.25) is 0 Å². The quantitative estimate of drug-likeness (QED) is 0.444. The van der Waals surface area contributed by atoms with E-state index in [1.807, 2.05) is 21.5 Å². The van der Waals surface area contributed by atoms with E-state index < -0.39 is 0 Å². The van der Waals surface area contributed by atoms with Crippen LogP contribution in [0.1, 0.15) is 59.1 Å². The number of nitrogens with zero attached hydrogens (tertiary/aromatic N) is 4. The van der Waals surface area contributed by atoms with Crippen LogP contribution in [0, 0.1) is 0 Å². The molecule has 0 unspecified atom stereocenters. The molecule has 0 saturated carbocycles. The Bertz CT molecular complexity index is 1220. The van der Waals surface area contributed by atoms with Crippen LogP contribution in [0.25, 0.3) is 11.1 Å². The first-order valence-corrected chi connectivity index (χ1v) is 12.3. The van der Waals surface area contributed by atoms with Crippen LogP contribution in [0.15, 0.2) is 49.6 Å². The van der Waals surface area contributed by atoms with Crippen LogP contribution in [0.2, 0.25) is 0 Å². The molecule has 0 radical (unpaired) electrons. The molecule has 6 heteroatoms. The number of phenols is 2. The standard InChI is InChI=1S/C28H30N4O2/c33-27-21(15-31-11-9-29-17-31)13-19-5-1-3-7-23(19)25(27)26-24-8-4-2-6-20(24)14-22(28(26)34)16-32-12-10-30-18-32/h9-14,17-18,33-34H,1-8,15-16H2. The maximum absolute atomic E-state index is 11.7. The molecule has 0 fully saturated rings. The Morgan fingerprint density at radius 2 is 1.09 bits per heavy atom. The highest BCUT2D eigenvalue weighted by atomic mass is 16.3. The van der Waals surface area contributed by atoms with E-state index in [0.717, 1.165) is 73.6 Å². The van der Waals surface area contributed by atoms with Gasteiger partial charge in [0.05, 0.1) is 25.7 Å². The van der Waals surface area contributed by atoms with Gasteiger partial charge in [-0.25, -0.2) is 9.97 Å². The van der Waals surface area contributed by atoms with Gasteiger partial charge in [-0.15, -0.1) is 0 Å². The molecular weight excluding hydrogens is 424 g/mol. The maximum Gasteiger partial charge on any atom is 0.128 e. The zero-order valence-electron chi connectivity index (χ0n) is 19.4. The van der Waals surface area contributed by atoms with Crippen molar-refractivity contribution in [2.24, 2.45) is 0 Å². The van der Waals surface area contributed by atoms with Crippen LogP contribution >= 0.6 is 0 Å². The van der Waals surface area contributed by atoms with Crippen LogP contribution < -0.4 is 0 Å². The summed E-state index contributed by atoms with van der Waals surface area (Å²) in [7, 11) is 0. The summed E-state index contributed by atoms with van der Waals surface area (Å²) in [5.74, 6) is 0.606. The topological polar surface area (TPSA) is 76.1 Å². The molecule has 6 rings (SSSR count). The predicted molar refractivity (Wildman–Crippen MR) is 131 cm³/mol. The number of imidazole rings is 2. The minimum atomic E-state index is 0.303. The third kappa shape index (κ3) is 3.67. The van der Waals surface area contributed by atoms with Crippen molar-refractivity contribution in [3.63, 3.8) is 0 Å². The Morgan fingerprint density at radius 3 is 1.50 bits per heavy atom. The predicted octanol–water partition coefficient (Wildman–Crippen LogP) is 5.01. The van der Waals surface area contributed by atoms with Crippen molar-refractivity contribution in [3.05, 3.63) is 83.0 Å². The van der Waals surface area contributed by atoms with Crippen molar-refractivity contribution < 1.29 is 10.2 Å². The molecule has 0 bridgehead atoms. The SMILES string of the molecule is Oc1c(Cn2ccnc2)cc2c(c1-c1c(O)c(Cn3ccnc3)cc3c1CCCC3)CCCC2. The van der Waals surface area contributed by atoms with Crippen molar-refractivity contribution in [3.8, 4) is 22.6 Å². The molecule has 2 heterocycles. The molecule has 2 aliphatic rings. The van der Waals surface area contributed by atoms with Gasteiger partial charge in [-0.1, -0.05) is 0 Å². The molecule has 34 heavy (non-hydrogen) atoms. The first kappa shape index (κ1) is 21.0. The zero-order valence-corrected chi connectivity index (χ0v) is 19.4. The maximum atomic E-state index is 11.7. The van der Waals surface area contributed by atoms with E-state index in [1.165, 1.54) is 22.3 Å². The molecule has 0 amide bonds. The van der Waals surface area contributed by atoms with Crippen molar-refractivity contribution in [2.45, 2.75) is 64.5 Å². The largest absolute Gasteiger partial charge is 0.507 e. The van der Waals surface area contributed by atoms with E-state index >= 15 is 0 Å². The Hall–Kier alpha value is -3.54. The lowest BCUT2D eigenvalue weighted by molar-refractivity contribution is 0.456. The Kier molecular flexibility index (Phi) is 5.36. The average Bonchev–Trinajstić information content (AvgIpc) is 3.56. The number of hydrogen-bond acceptors (Lipinski definition) is 4. The van der Waals surface area contributed by atoms with Gasteiger partial charge >= 0.3 is 0 Å². The molecule has 174 valence electrons. The Labute approximate surface area is 199 Å². The molecule has 0 aliphatic heterocycles. The van der Waals surface area contributed by atoms with Gasteiger partial charge < -0.3 is 19.3 Å². The van der Waals surface area contributed by atoms with E-state index in [4.69, 9.17) is 0 Å². The zero-order chi connectivity index (χ0) is 23.1. The van der Waals surface area contributed by atoms with Crippen molar-refractivity contribution >= 4 is 0 Å². The summed E-state index contributed by atoms with van der Waals surface area (Å²) >= 11 is 0. The van der Waals surface area contributed by atoms with Crippen LogP contribution in [0.4, 0.5) is 0 Å². The lowest BCUT2D eigenvalue weighted by Crippen LogP contribution is -2.12. The first-order valence-electron chi connectivity index (χ1n) is 12.3. The van der Waals surface area contributed by atoms with Gasteiger partial charge in [-0.05, 0) is 85.8 Å². The van der Waals surface area contributed by atoms with E-state index in [9.17, 15) is 10.2 Å². The highest BCUT2D eigenvalue weighted by molar-refractivity contribution is 5.85. The fraction of sp³-hybridized carbons (Fsp3) is 0.357. The van der Waals surface area contributed by atoms with Gasteiger partial charge in [-0.2, -0.15) is 0 Å². The van der Waals surface area contributed by atoms with E-state index in [0.29, 0.717) is 24.6 Å². The van der Waals surface area contributed by atoms with Gasteiger partial charge in [0, 0.05) is 47.0 Å². The third-order valence-electron chi connectivity index (χ3n) is 7.48. The molecule has 2 aliphatic carbocycles. The van der Waals surface area contributed by atoms with Crippen molar-refractivity contribution in [1.82, 2.24) is 19.1 Å². The van der Waals surface area contributed by atoms with E-state index in [-0.39, 0.29) is 0 Å². The number of hydrogen-bond donors (Lipinski definition) is 2. The van der Waals surface area contributed by atoms with Crippen LogP contribution in [0.3, 0.4) is 0 Å². The second-order valence-electron chi connectivity index (χ2n) is 9.68. The molecule has 0 spiro atoms. The van der Waals surface area contributed by atoms with Crippen molar-refractivity contribution in [2.75, 3.05) is 0 Å². The summed E-state index contributed by atoms with van der Waals surface area (Å²) in [5, 5.41) is 23.4.